The monoisotopic (exact) mass is 296 g/mol. The molecule has 1 fully saturated rings. The Morgan fingerprint density at radius 2 is 2.18 bits per heavy atom. The van der Waals surface area contributed by atoms with Gasteiger partial charge in [0.15, 0.2) is 0 Å². The molecule has 17 heavy (non-hydrogen) atoms. The fraction of sp³-hybridized carbons (Fsp3) is 0.571. The molecule has 0 bridgehead atoms. The summed E-state index contributed by atoms with van der Waals surface area (Å²) in [6.07, 6.45) is 5.32. The van der Waals surface area contributed by atoms with Gasteiger partial charge in [0.2, 0.25) is 0 Å². The van der Waals surface area contributed by atoms with E-state index in [4.69, 9.17) is 5.73 Å². The molecule has 0 aliphatic carbocycles. The lowest BCUT2D eigenvalue weighted by atomic mass is 9.99. The van der Waals surface area contributed by atoms with E-state index in [1.54, 1.807) is 0 Å². The van der Waals surface area contributed by atoms with Crippen LogP contribution in [0.4, 0.5) is 5.69 Å². The summed E-state index contributed by atoms with van der Waals surface area (Å²) in [6, 6.07) is 6.98. The molecule has 2 N–H and O–H groups in total. The molecule has 0 aromatic heterocycles. The van der Waals surface area contributed by atoms with Crippen LogP contribution in [0, 0.1) is 0 Å². The van der Waals surface area contributed by atoms with Gasteiger partial charge in [-0.2, -0.15) is 0 Å². The Labute approximate surface area is 112 Å². The van der Waals surface area contributed by atoms with Gasteiger partial charge in [-0.3, -0.25) is 4.90 Å². The van der Waals surface area contributed by atoms with E-state index in [0.29, 0.717) is 0 Å². The van der Waals surface area contributed by atoms with Gasteiger partial charge >= 0.3 is 0 Å². The van der Waals surface area contributed by atoms with Gasteiger partial charge in [0.05, 0.1) is 0 Å². The maximum atomic E-state index is 5.88. The van der Waals surface area contributed by atoms with Crippen molar-refractivity contribution >= 4 is 21.6 Å². The zero-order chi connectivity index (χ0) is 12.3. The number of nitrogens with two attached hydrogens (primary N) is 1. The van der Waals surface area contributed by atoms with Gasteiger partial charge in [-0.15, -0.1) is 0 Å². The Kier molecular flexibility index (Phi) is 4.46. The van der Waals surface area contributed by atoms with Crippen molar-refractivity contribution in [3.63, 3.8) is 0 Å². The average molecular weight is 297 g/mol. The van der Waals surface area contributed by atoms with Crippen LogP contribution in [-0.2, 0) is 6.54 Å². The largest absolute Gasteiger partial charge is 0.399 e. The molecule has 1 saturated heterocycles. The normalized spacial score (nSPS) is 21.6. The quantitative estimate of drug-likeness (QED) is 0.860. The third-order valence-electron chi connectivity index (χ3n) is 3.59. The highest BCUT2D eigenvalue weighted by molar-refractivity contribution is 9.10. The third kappa shape index (κ3) is 3.46. The van der Waals surface area contributed by atoms with E-state index in [2.05, 4.69) is 39.9 Å². The second kappa shape index (κ2) is 5.87. The molecule has 1 aliphatic rings. The minimum Gasteiger partial charge on any atom is -0.399 e. The number of nitrogen functional groups attached to an aromatic ring is 1. The average Bonchev–Trinajstić information content (AvgIpc) is 2.28. The summed E-state index contributed by atoms with van der Waals surface area (Å²) >= 11 is 3.51. The summed E-state index contributed by atoms with van der Waals surface area (Å²) in [4.78, 5) is 2.60. The number of hydrogen-bond donors (Lipinski definition) is 1. The maximum Gasteiger partial charge on any atom is 0.0328 e. The number of piperidine rings is 1. The zero-order valence-electron chi connectivity index (χ0n) is 10.5. The molecule has 94 valence electrons. The third-order valence-corrected chi connectivity index (χ3v) is 4.04. The van der Waals surface area contributed by atoms with Crippen LogP contribution >= 0.6 is 15.9 Å². The van der Waals surface area contributed by atoms with Gasteiger partial charge in [-0.25, -0.2) is 0 Å². The highest BCUT2D eigenvalue weighted by atomic mass is 79.9. The fourth-order valence-electron chi connectivity index (χ4n) is 2.73. The van der Waals surface area contributed by atoms with Gasteiger partial charge in [0.1, 0.15) is 0 Å². The Morgan fingerprint density at radius 1 is 1.35 bits per heavy atom. The van der Waals surface area contributed by atoms with Crippen molar-refractivity contribution in [3.8, 4) is 0 Å². The summed E-state index contributed by atoms with van der Waals surface area (Å²) < 4.78 is 1.08. The Morgan fingerprint density at radius 3 is 2.88 bits per heavy atom. The first-order valence-corrected chi connectivity index (χ1v) is 7.27. The first-order chi connectivity index (χ1) is 8.19. The van der Waals surface area contributed by atoms with Gasteiger partial charge in [-0.1, -0.05) is 29.3 Å². The molecule has 1 heterocycles. The molecule has 1 aromatic rings. The van der Waals surface area contributed by atoms with Crippen LogP contribution in [0.2, 0.25) is 0 Å². The number of anilines is 1. The molecule has 0 amide bonds. The van der Waals surface area contributed by atoms with E-state index in [1.165, 1.54) is 37.8 Å². The van der Waals surface area contributed by atoms with E-state index < -0.39 is 0 Å². The van der Waals surface area contributed by atoms with Crippen LogP contribution in [0.5, 0.6) is 0 Å². The van der Waals surface area contributed by atoms with Crippen molar-refractivity contribution in [2.75, 3.05) is 12.3 Å². The van der Waals surface area contributed by atoms with E-state index in [9.17, 15) is 0 Å². The van der Waals surface area contributed by atoms with E-state index in [1.807, 2.05) is 6.07 Å². The summed E-state index contributed by atoms with van der Waals surface area (Å²) in [5.74, 6) is 0. The smallest absolute Gasteiger partial charge is 0.0328 e. The molecule has 1 aliphatic heterocycles. The molecule has 2 rings (SSSR count). The van der Waals surface area contributed by atoms with Crippen molar-refractivity contribution in [2.45, 2.75) is 45.2 Å². The molecule has 0 spiro atoms. The maximum absolute atomic E-state index is 5.88. The van der Waals surface area contributed by atoms with Gasteiger partial charge in [0.25, 0.3) is 0 Å². The second-order valence-electron chi connectivity index (χ2n) is 4.92. The SMILES string of the molecule is CCC1CCCCN1Cc1cc(N)cc(Br)c1. The first kappa shape index (κ1) is 12.9. The van der Waals surface area contributed by atoms with Crippen molar-refractivity contribution in [1.29, 1.82) is 0 Å². The Balaban J connectivity index is 2.08. The lowest BCUT2D eigenvalue weighted by molar-refractivity contribution is 0.136. The minimum absolute atomic E-state index is 0.754. The van der Waals surface area contributed by atoms with Crippen LogP contribution in [0.15, 0.2) is 22.7 Å². The van der Waals surface area contributed by atoms with Crippen LogP contribution < -0.4 is 5.73 Å². The van der Waals surface area contributed by atoms with Crippen molar-refractivity contribution in [3.05, 3.63) is 28.2 Å². The second-order valence-corrected chi connectivity index (χ2v) is 5.84. The molecule has 1 aromatic carbocycles. The molecule has 0 radical (unpaired) electrons. The van der Waals surface area contributed by atoms with Crippen LogP contribution in [0.25, 0.3) is 0 Å². The Hall–Kier alpha value is -0.540. The van der Waals surface area contributed by atoms with E-state index in [-0.39, 0.29) is 0 Å². The number of rotatable bonds is 3. The predicted octanol–water partition coefficient (Wildman–Crippen LogP) is 3.80. The van der Waals surface area contributed by atoms with E-state index in [0.717, 1.165) is 22.7 Å². The fourth-order valence-corrected chi connectivity index (χ4v) is 3.29. The molecular formula is C14H21BrN2. The Bertz CT molecular complexity index is 358. The summed E-state index contributed by atoms with van der Waals surface area (Å²) in [6.45, 7) is 4.55. The van der Waals surface area contributed by atoms with Gasteiger partial charge in [0, 0.05) is 22.7 Å². The van der Waals surface area contributed by atoms with Gasteiger partial charge < -0.3 is 5.73 Å². The zero-order valence-corrected chi connectivity index (χ0v) is 12.0. The molecule has 2 nitrogen and oxygen atoms in total. The van der Waals surface area contributed by atoms with Crippen LogP contribution in [0.3, 0.4) is 0 Å². The lowest BCUT2D eigenvalue weighted by Gasteiger charge is -2.35. The van der Waals surface area contributed by atoms with Gasteiger partial charge in [-0.05, 0) is 49.6 Å². The first-order valence-electron chi connectivity index (χ1n) is 6.48. The van der Waals surface area contributed by atoms with Crippen LogP contribution in [0.1, 0.15) is 38.2 Å². The minimum atomic E-state index is 0.754. The summed E-state index contributed by atoms with van der Waals surface area (Å²) in [5, 5.41) is 0. The summed E-state index contributed by atoms with van der Waals surface area (Å²) in [7, 11) is 0. The number of benzene rings is 1. The van der Waals surface area contributed by atoms with Crippen molar-refractivity contribution in [2.24, 2.45) is 0 Å². The van der Waals surface area contributed by atoms with Crippen LogP contribution in [-0.4, -0.2) is 17.5 Å². The number of hydrogen-bond acceptors (Lipinski definition) is 2. The molecule has 0 saturated carbocycles. The molecular weight excluding hydrogens is 276 g/mol. The standard InChI is InChI=1S/C14H21BrN2/c1-2-14-5-3-4-6-17(14)10-11-7-12(15)9-13(16)8-11/h7-9,14H,2-6,10,16H2,1H3. The molecule has 1 unspecified atom stereocenters. The topological polar surface area (TPSA) is 29.3 Å². The highest BCUT2D eigenvalue weighted by Crippen LogP contribution is 2.24. The number of halogens is 1. The molecule has 1 atom stereocenters. The van der Waals surface area contributed by atoms with Crippen molar-refractivity contribution < 1.29 is 0 Å². The predicted molar refractivity (Wildman–Crippen MR) is 76.9 cm³/mol. The highest BCUT2D eigenvalue weighted by Gasteiger charge is 2.20. The molecule has 3 heteroatoms. The van der Waals surface area contributed by atoms with Crippen molar-refractivity contribution in [1.82, 2.24) is 4.90 Å². The van der Waals surface area contributed by atoms with E-state index >= 15 is 0 Å². The summed E-state index contributed by atoms with van der Waals surface area (Å²) in [5.41, 5.74) is 8.05. The number of likely N-dealkylation sites (tertiary alicyclic amines) is 1. The lowest BCUT2D eigenvalue weighted by Crippen LogP contribution is -2.38. The number of nitrogens with zero attached hydrogens (tertiary/aromatic N) is 1.